The Labute approximate surface area is 627 Å². The van der Waals surface area contributed by atoms with Crippen LogP contribution in [0.1, 0.15) is 259 Å². The van der Waals surface area contributed by atoms with E-state index in [0.29, 0.717) is 38.5 Å². The lowest BCUT2D eigenvalue weighted by atomic mass is 10.1. The van der Waals surface area contributed by atoms with Crippen molar-refractivity contribution in [2.45, 2.75) is 277 Å². The smallest absolute Gasteiger partial charge is 0.462 e. The quantitative estimate of drug-likeness (QED) is 0.0169. The molecule has 0 heterocycles. The van der Waals surface area contributed by atoms with Crippen LogP contribution in [0.25, 0.3) is 0 Å². The first-order chi connectivity index (χ1) is 50.7. The SMILES string of the molecule is CC/C=C\C/C=C\C/C=C\C/C=C\C/C=C\C/C=C\CCC(=O)OCC(COP(=O)(O)OCC(O)COP(=O)(O)OCC(COC(=O)CCCCCCC/C=C\C/C=C\CCC)OC(=O)CCCCCCC/C=C\C/C=C\CCC)OC(=O)CC/C=C\C/C=C\C/C=C\C/C=C\C/C=C\C/C=C\CC. The van der Waals surface area contributed by atoms with E-state index < -0.39 is 97.5 Å². The Morgan fingerprint density at radius 3 is 0.846 bits per heavy atom. The van der Waals surface area contributed by atoms with Crippen molar-refractivity contribution in [3.63, 3.8) is 0 Å². The Morgan fingerprint density at radius 1 is 0.279 bits per heavy atom. The first-order valence-electron chi connectivity index (χ1n) is 38.7. The van der Waals surface area contributed by atoms with Gasteiger partial charge >= 0.3 is 39.5 Å². The van der Waals surface area contributed by atoms with E-state index in [2.05, 4.69) is 186 Å². The molecular weight excluding hydrogens is 1350 g/mol. The second kappa shape index (κ2) is 75.1. The predicted octanol–water partition coefficient (Wildman–Crippen LogP) is 22.5. The van der Waals surface area contributed by atoms with Gasteiger partial charge in [0, 0.05) is 25.7 Å². The van der Waals surface area contributed by atoms with E-state index in [1.54, 1.807) is 0 Å². The number of aliphatic hydroxyl groups excluding tert-OH is 1. The summed E-state index contributed by atoms with van der Waals surface area (Å²) in [5.74, 6) is -2.43. The number of unbranched alkanes of at least 4 members (excludes halogenated alkanes) is 12. The van der Waals surface area contributed by atoms with Gasteiger partial charge in [-0.05, 0) is 154 Å². The minimum atomic E-state index is -5.03. The van der Waals surface area contributed by atoms with Crippen LogP contribution in [-0.4, -0.2) is 96.7 Å². The zero-order chi connectivity index (χ0) is 76.0. The Balaban J connectivity index is 5.54. The molecule has 0 aliphatic rings. The van der Waals surface area contributed by atoms with Gasteiger partial charge in [0.25, 0.3) is 0 Å². The second-order valence-electron chi connectivity index (χ2n) is 24.8. The van der Waals surface area contributed by atoms with Gasteiger partial charge in [0.15, 0.2) is 12.2 Å². The monoisotopic (exact) mass is 1490 g/mol. The van der Waals surface area contributed by atoms with Gasteiger partial charge in [-0.15, -0.1) is 0 Å². The minimum absolute atomic E-state index is 0.0116. The Morgan fingerprint density at radius 2 is 0.519 bits per heavy atom. The van der Waals surface area contributed by atoms with Gasteiger partial charge in [-0.2, -0.15) is 0 Å². The molecule has 5 unspecified atom stereocenters. The Bertz CT molecular complexity index is 2740. The summed E-state index contributed by atoms with van der Waals surface area (Å²) in [5.41, 5.74) is 0. The molecule has 0 spiro atoms. The molecule has 3 N–H and O–H groups in total. The number of rotatable bonds is 70. The van der Waals surface area contributed by atoms with Crippen molar-refractivity contribution in [3.05, 3.63) is 194 Å². The third-order valence-electron chi connectivity index (χ3n) is 15.0. The summed E-state index contributed by atoms with van der Waals surface area (Å²) in [4.78, 5) is 72.9. The molecule has 0 radical (unpaired) electrons. The minimum Gasteiger partial charge on any atom is -0.462 e. The van der Waals surface area contributed by atoms with Gasteiger partial charge in [0.1, 0.15) is 19.3 Å². The molecular formula is C85H134O17P2. The molecule has 0 rings (SSSR count). The van der Waals surface area contributed by atoms with Crippen LogP contribution >= 0.6 is 15.6 Å². The van der Waals surface area contributed by atoms with Crippen molar-refractivity contribution < 1.29 is 80.2 Å². The van der Waals surface area contributed by atoms with E-state index >= 15 is 0 Å². The van der Waals surface area contributed by atoms with Crippen LogP contribution in [0.3, 0.4) is 0 Å². The number of carbonyl (C=O) groups is 4. The van der Waals surface area contributed by atoms with Crippen molar-refractivity contribution in [3.8, 4) is 0 Å². The second-order valence-corrected chi connectivity index (χ2v) is 27.7. The number of aliphatic hydroxyl groups is 1. The largest absolute Gasteiger partial charge is 0.472 e. The summed E-state index contributed by atoms with van der Waals surface area (Å²) in [7, 11) is -10.0. The highest BCUT2D eigenvalue weighted by Crippen LogP contribution is 2.45. The van der Waals surface area contributed by atoms with Crippen molar-refractivity contribution in [2.24, 2.45) is 0 Å². The molecule has 0 aromatic rings. The van der Waals surface area contributed by atoms with Crippen LogP contribution in [0.2, 0.25) is 0 Å². The molecule has 0 aliphatic carbocycles. The van der Waals surface area contributed by atoms with Crippen LogP contribution in [0.5, 0.6) is 0 Å². The highest BCUT2D eigenvalue weighted by atomic mass is 31.2. The van der Waals surface area contributed by atoms with Gasteiger partial charge in [-0.25, -0.2) is 9.13 Å². The molecule has 0 aliphatic heterocycles. The predicted molar refractivity (Wildman–Crippen MR) is 426 cm³/mol. The molecule has 0 saturated carbocycles. The lowest BCUT2D eigenvalue weighted by molar-refractivity contribution is -0.161. The van der Waals surface area contributed by atoms with E-state index in [4.69, 9.17) is 37.0 Å². The highest BCUT2D eigenvalue weighted by Gasteiger charge is 2.30. The summed E-state index contributed by atoms with van der Waals surface area (Å²) in [6, 6.07) is 0. The fraction of sp³-hybridized carbons (Fsp3) is 0.576. The van der Waals surface area contributed by atoms with Crippen LogP contribution in [0, 0.1) is 0 Å². The number of phosphoric ester groups is 2. The van der Waals surface area contributed by atoms with Crippen LogP contribution < -0.4 is 0 Å². The molecule has 17 nitrogen and oxygen atoms in total. The van der Waals surface area contributed by atoms with Crippen molar-refractivity contribution in [1.82, 2.24) is 0 Å². The average molecular weight is 1490 g/mol. The Hall–Kier alpha value is -6.10. The standard InChI is InChI=1S/C85H134O17P2/c1-5-9-13-17-21-25-29-33-35-37-39-41-43-47-50-54-58-62-66-70-83(88)96-76-81(102-85(90)72-68-64-60-56-52-48-44-42-40-38-36-34-30-26-22-18-14-10-6-2)78-100-104(93,94)98-74-79(86)73-97-103(91,92)99-77-80(101-84(89)71-67-63-59-55-51-46-32-28-24-20-16-12-8-4)75-95-82(87)69-65-61-57-53-49-45-31-27-23-19-15-11-7-3/h9-10,13-16,19-22,25-28,31-36,39-42,47-48,50,52,58,60,62,64,79-81,86H,5-8,11-12,17-18,23-24,29-30,37-38,43-46,49,51,53-57,59,61,63,65-78H2,1-4H3,(H,91,92)(H,93,94)/b13-9-,14-10-,19-15-,20-16-,25-21-,26-22-,31-27-,32-28-,35-33-,36-34-,41-39-,42-40-,50-47-,52-48-,62-58-,64-60-. The number of hydrogen-bond donors (Lipinski definition) is 3. The summed E-state index contributed by atoms with van der Waals surface area (Å²) in [5, 5.41) is 10.6. The van der Waals surface area contributed by atoms with Crippen molar-refractivity contribution in [2.75, 3.05) is 39.6 Å². The molecule has 5 atom stereocenters. The number of allylic oxidation sites excluding steroid dienone is 32. The van der Waals surface area contributed by atoms with E-state index in [1.807, 2.05) is 36.5 Å². The lowest BCUT2D eigenvalue weighted by Gasteiger charge is -2.21. The van der Waals surface area contributed by atoms with Crippen LogP contribution in [-0.2, 0) is 65.4 Å². The van der Waals surface area contributed by atoms with E-state index in [-0.39, 0.29) is 25.7 Å². The average Bonchev–Trinajstić information content (AvgIpc) is 0.906. The van der Waals surface area contributed by atoms with Gasteiger partial charge < -0.3 is 33.8 Å². The third-order valence-corrected chi connectivity index (χ3v) is 16.9. The van der Waals surface area contributed by atoms with Gasteiger partial charge in [-0.1, -0.05) is 273 Å². The fourth-order valence-electron chi connectivity index (χ4n) is 9.23. The molecule has 19 heteroatoms. The number of esters is 4. The number of ether oxygens (including phenoxy) is 4. The van der Waals surface area contributed by atoms with Gasteiger partial charge in [0.2, 0.25) is 0 Å². The van der Waals surface area contributed by atoms with E-state index in [9.17, 15) is 43.2 Å². The molecule has 586 valence electrons. The summed E-state index contributed by atoms with van der Waals surface area (Å²) in [6.45, 7) is 4.27. The first-order valence-corrected chi connectivity index (χ1v) is 41.7. The maximum Gasteiger partial charge on any atom is 0.472 e. The molecule has 0 saturated heterocycles. The zero-order valence-electron chi connectivity index (χ0n) is 63.9. The fourth-order valence-corrected chi connectivity index (χ4v) is 10.8. The van der Waals surface area contributed by atoms with E-state index in [0.717, 1.165) is 167 Å². The molecule has 0 aromatic carbocycles. The molecule has 0 amide bonds. The Kier molecular flexibility index (Phi) is 70.7. The maximum atomic E-state index is 13.1. The van der Waals surface area contributed by atoms with Crippen molar-refractivity contribution in [1.29, 1.82) is 0 Å². The number of hydrogen-bond acceptors (Lipinski definition) is 15. The normalized spacial score (nSPS) is 15.0. The third kappa shape index (κ3) is 74.2. The van der Waals surface area contributed by atoms with Gasteiger partial charge in [0.05, 0.1) is 26.4 Å². The first kappa shape index (κ1) is 97.9. The highest BCUT2D eigenvalue weighted by molar-refractivity contribution is 7.47. The molecule has 0 aromatic heterocycles. The number of phosphoric acid groups is 2. The lowest BCUT2D eigenvalue weighted by Crippen LogP contribution is -2.30. The summed E-state index contributed by atoms with van der Waals surface area (Å²) in [6.07, 6.45) is 91.7. The molecule has 104 heavy (non-hydrogen) atoms. The topological polar surface area (TPSA) is 237 Å². The van der Waals surface area contributed by atoms with E-state index in [1.165, 1.54) is 0 Å². The molecule has 0 fully saturated rings. The number of carbonyl (C=O) groups excluding carboxylic acids is 4. The van der Waals surface area contributed by atoms with Crippen LogP contribution in [0.4, 0.5) is 0 Å². The van der Waals surface area contributed by atoms with Crippen LogP contribution in [0.15, 0.2) is 194 Å². The summed E-state index contributed by atoms with van der Waals surface area (Å²) < 4.78 is 68.3. The van der Waals surface area contributed by atoms with Crippen molar-refractivity contribution >= 4 is 39.5 Å². The van der Waals surface area contributed by atoms with Gasteiger partial charge in [-0.3, -0.25) is 37.3 Å². The zero-order valence-corrected chi connectivity index (χ0v) is 65.6. The summed E-state index contributed by atoms with van der Waals surface area (Å²) >= 11 is 0. The maximum absolute atomic E-state index is 13.1. The molecule has 0 bridgehead atoms.